The number of para-hydroxylation sites is 3. The van der Waals surface area contributed by atoms with Crippen LogP contribution in [0.15, 0.2) is 292 Å². The number of nitrogens with zero attached hydrogens (tertiary/aromatic N) is 9. The molecular weight excluding hydrogens is 1300 g/mol. The minimum absolute atomic E-state index is 0.183. The van der Waals surface area contributed by atoms with Crippen LogP contribution in [-0.4, -0.2) is 43.6 Å². The standard InChI is InChI=1S/C95H65N9S/c1-93(2)68-31-16-12-26-62(68)83-71(93)43-46-81-88(83)66-30-20-25-60(52-95(5)70-32-17-13-27-63(70)84-73(95)44-47-80-87(84)65-29-15-19-34-78(65)103(80)91-97-53-96-54-98-91)89(66)104(81)92-101-76-50-59(38-48-82(76)105-92)58-37-41-69-67(49-58)85-72(94(69,3)4)42-45-79-86(85)64-28-14-18-33-77(64)102(79)61-39-35-57(36-40-61)90-99-74(55-21-8-6-9-22-55)51-75(100-90)56-23-10-7-11-24-56/h6-51,53-54H,52H2,1-5H3. The van der Waals surface area contributed by atoms with Crippen LogP contribution in [0.3, 0.4) is 0 Å². The van der Waals surface area contributed by atoms with Gasteiger partial charge in [-0.15, -0.1) is 0 Å². The second-order valence-electron chi connectivity index (χ2n) is 30.0. The molecule has 3 aliphatic rings. The third kappa shape index (κ3) is 8.45. The lowest BCUT2D eigenvalue weighted by Crippen LogP contribution is -2.24. The van der Waals surface area contributed by atoms with Gasteiger partial charge in [-0.1, -0.05) is 246 Å². The number of aromatic nitrogens is 9. The summed E-state index contributed by atoms with van der Waals surface area (Å²) in [4.78, 5) is 29.8. The van der Waals surface area contributed by atoms with Crippen molar-refractivity contribution in [2.24, 2.45) is 0 Å². The molecule has 9 nitrogen and oxygen atoms in total. The van der Waals surface area contributed by atoms with E-state index < -0.39 is 5.41 Å². The molecule has 0 fully saturated rings. The van der Waals surface area contributed by atoms with E-state index in [0.717, 1.165) is 88.7 Å². The summed E-state index contributed by atoms with van der Waals surface area (Å²) < 4.78 is 8.30. The molecule has 105 heavy (non-hydrogen) atoms. The summed E-state index contributed by atoms with van der Waals surface area (Å²) in [5.74, 6) is 1.29. The van der Waals surface area contributed by atoms with Gasteiger partial charge in [-0.2, -0.15) is 0 Å². The molecule has 0 bridgehead atoms. The number of hydrogen-bond donors (Lipinski definition) is 0. The van der Waals surface area contributed by atoms with Crippen molar-refractivity contribution >= 4 is 87.0 Å². The maximum Gasteiger partial charge on any atom is 0.237 e. The maximum absolute atomic E-state index is 5.81. The summed E-state index contributed by atoms with van der Waals surface area (Å²) in [7, 11) is 0. The minimum atomic E-state index is -0.423. The van der Waals surface area contributed by atoms with E-state index in [9.17, 15) is 0 Å². The molecule has 6 heterocycles. The summed E-state index contributed by atoms with van der Waals surface area (Å²) in [6.07, 6.45) is 3.91. The Labute approximate surface area is 609 Å². The lowest BCUT2D eigenvalue weighted by Gasteiger charge is -2.28. The average Bonchev–Trinajstić information content (AvgIpc) is 1.54. The van der Waals surface area contributed by atoms with E-state index in [1.807, 2.05) is 12.1 Å². The smallest absolute Gasteiger partial charge is 0.237 e. The molecule has 19 aromatic rings. The summed E-state index contributed by atoms with van der Waals surface area (Å²) in [5.41, 5.74) is 32.2. The van der Waals surface area contributed by atoms with Crippen LogP contribution >= 0.6 is 11.3 Å². The van der Waals surface area contributed by atoms with Gasteiger partial charge in [-0.05, 0) is 169 Å². The van der Waals surface area contributed by atoms with Crippen LogP contribution in [0.4, 0.5) is 0 Å². The number of benzene rings is 13. The van der Waals surface area contributed by atoms with Gasteiger partial charge in [0, 0.05) is 70.9 Å². The average molecular weight is 1360 g/mol. The Balaban J connectivity index is 0.677. The molecule has 1 unspecified atom stereocenters. The Morgan fingerprint density at radius 3 is 1.54 bits per heavy atom. The van der Waals surface area contributed by atoms with Gasteiger partial charge in [0.2, 0.25) is 5.95 Å². The topological polar surface area (TPSA) is 92.1 Å². The van der Waals surface area contributed by atoms with E-state index in [2.05, 4.69) is 320 Å². The molecule has 13 aromatic carbocycles. The normalized spacial score (nSPS) is 15.1. The van der Waals surface area contributed by atoms with Crippen molar-refractivity contribution in [3.8, 4) is 95.2 Å². The highest BCUT2D eigenvalue weighted by Crippen LogP contribution is 2.59. The van der Waals surface area contributed by atoms with E-state index in [1.54, 1.807) is 24.0 Å². The van der Waals surface area contributed by atoms with Gasteiger partial charge in [0.1, 0.15) is 12.7 Å². The van der Waals surface area contributed by atoms with Gasteiger partial charge in [-0.3, -0.25) is 9.13 Å². The Hall–Kier alpha value is -12.8. The molecule has 0 aliphatic heterocycles. The molecule has 0 radical (unpaired) electrons. The molecule has 0 spiro atoms. The fourth-order valence-corrected chi connectivity index (χ4v) is 19.8. The summed E-state index contributed by atoms with van der Waals surface area (Å²) in [6.45, 7) is 12.0. The minimum Gasteiger partial charge on any atom is -0.309 e. The molecule has 0 amide bonds. The molecule has 496 valence electrons. The summed E-state index contributed by atoms with van der Waals surface area (Å²) >= 11 is 1.78. The van der Waals surface area contributed by atoms with Crippen LogP contribution in [0, 0.1) is 0 Å². The summed E-state index contributed by atoms with van der Waals surface area (Å²) in [6, 6.07) is 103. The zero-order valence-electron chi connectivity index (χ0n) is 58.4. The highest BCUT2D eigenvalue weighted by atomic mass is 32.1. The quantitative estimate of drug-likeness (QED) is 0.143. The predicted molar refractivity (Wildman–Crippen MR) is 431 cm³/mol. The van der Waals surface area contributed by atoms with E-state index in [4.69, 9.17) is 24.9 Å². The van der Waals surface area contributed by atoms with Gasteiger partial charge in [-0.25, -0.2) is 29.9 Å². The molecule has 0 N–H and O–H groups in total. The second-order valence-corrected chi connectivity index (χ2v) is 31.0. The highest BCUT2D eigenvalue weighted by Gasteiger charge is 2.44. The highest BCUT2D eigenvalue weighted by molar-refractivity contribution is 7.20. The van der Waals surface area contributed by atoms with Gasteiger partial charge in [0.25, 0.3) is 0 Å². The second kappa shape index (κ2) is 21.9. The molecule has 3 aliphatic carbocycles. The van der Waals surface area contributed by atoms with Crippen molar-refractivity contribution in [3.63, 3.8) is 0 Å². The predicted octanol–water partition coefficient (Wildman–Crippen LogP) is 23.4. The number of hydrogen-bond acceptors (Lipinski definition) is 7. The molecule has 0 saturated carbocycles. The Morgan fingerprint density at radius 1 is 0.352 bits per heavy atom. The molecule has 6 aromatic heterocycles. The SMILES string of the molecule is CC1(C)c2ccc(-c3ccc4sc(-n5c6ccc7c(c6c6cccc(CC8(C)c9ccccc9-c9c8ccc8c9c9ccccc9n8-c8ncncn8)c65)-c5ccccc5C7(C)C)nc4c3)cc2-c2c1ccc1c2c2ccccc2n1-c1ccc(-c2nc(-c3ccccc3)cc(-c3ccccc3)n2)cc1. The van der Waals surface area contributed by atoms with E-state index in [-0.39, 0.29) is 10.8 Å². The van der Waals surface area contributed by atoms with Crippen molar-refractivity contribution in [1.29, 1.82) is 0 Å². The van der Waals surface area contributed by atoms with Crippen molar-refractivity contribution in [2.45, 2.75) is 57.3 Å². The first-order valence-electron chi connectivity index (χ1n) is 36.2. The van der Waals surface area contributed by atoms with Gasteiger partial charge in [0.05, 0.1) is 54.7 Å². The molecular formula is C95H65N9S. The number of rotatable bonds is 9. The molecule has 1 atom stereocenters. The molecule has 0 saturated heterocycles. The monoisotopic (exact) mass is 1360 g/mol. The van der Waals surface area contributed by atoms with Crippen LogP contribution in [0.1, 0.15) is 73.6 Å². The maximum atomic E-state index is 5.81. The first-order valence-corrected chi connectivity index (χ1v) is 37.0. The van der Waals surface area contributed by atoms with Crippen LogP contribution < -0.4 is 0 Å². The lowest BCUT2D eigenvalue weighted by atomic mass is 9.75. The fourth-order valence-electron chi connectivity index (χ4n) is 18.8. The van der Waals surface area contributed by atoms with E-state index in [0.29, 0.717) is 11.8 Å². The number of thiazole rings is 1. The molecule has 22 rings (SSSR count). The van der Waals surface area contributed by atoms with Crippen LogP contribution in [0.5, 0.6) is 0 Å². The van der Waals surface area contributed by atoms with Crippen molar-refractivity contribution in [1.82, 2.24) is 43.6 Å². The Morgan fingerprint density at radius 2 is 0.857 bits per heavy atom. The van der Waals surface area contributed by atoms with Crippen LogP contribution in [-0.2, 0) is 22.7 Å². The number of fused-ring (bicyclic) bond motifs is 22. The molecule has 10 heteroatoms. The first-order chi connectivity index (χ1) is 51.5. The Kier molecular flexibility index (Phi) is 12.5. The Bertz CT molecular complexity index is 6880. The van der Waals surface area contributed by atoms with Crippen molar-refractivity contribution in [3.05, 3.63) is 331 Å². The van der Waals surface area contributed by atoms with Gasteiger partial charge in [0.15, 0.2) is 11.0 Å². The summed E-state index contributed by atoms with van der Waals surface area (Å²) in [5, 5.41) is 8.33. The third-order valence-corrected chi connectivity index (χ3v) is 24.7. The van der Waals surface area contributed by atoms with Crippen molar-refractivity contribution in [2.75, 3.05) is 0 Å². The largest absolute Gasteiger partial charge is 0.309 e. The zero-order valence-corrected chi connectivity index (χ0v) is 59.2. The zero-order chi connectivity index (χ0) is 69.8. The van der Waals surface area contributed by atoms with Gasteiger partial charge >= 0.3 is 0 Å². The first kappa shape index (κ1) is 59.9. The van der Waals surface area contributed by atoms with Gasteiger partial charge < -0.3 is 4.57 Å². The van der Waals surface area contributed by atoms with E-state index >= 15 is 0 Å². The van der Waals surface area contributed by atoms with E-state index in [1.165, 1.54) is 116 Å². The third-order valence-electron chi connectivity index (χ3n) is 23.7. The van der Waals surface area contributed by atoms with Crippen LogP contribution in [0.25, 0.3) is 171 Å². The van der Waals surface area contributed by atoms with Crippen molar-refractivity contribution < 1.29 is 0 Å². The lowest BCUT2D eigenvalue weighted by molar-refractivity contribution is 0.585. The van der Waals surface area contributed by atoms with Crippen LogP contribution in [0.2, 0.25) is 0 Å². The fraction of sp³-hybridized carbons (Fsp3) is 0.0947.